The third-order valence-corrected chi connectivity index (χ3v) is 6.20. The van der Waals surface area contributed by atoms with Crippen molar-refractivity contribution in [1.82, 2.24) is 4.57 Å². The second-order valence-corrected chi connectivity index (χ2v) is 8.82. The second-order valence-electron chi connectivity index (χ2n) is 7.07. The molecule has 0 bridgehead atoms. The van der Waals surface area contributed by atoms with E-state index >= 15 is 0 Å². The number of carbonyl (C=O) groups is 1. The molecule has 0 spiro atoms. The normalized spacial score (nSPS) is 14.5. The summed E-state index contributed by atoms with van der Waals surface area (Å²) in [6.45, 7) is 3.00. The van der Waals surface area contributed by atoms with Gasteiger partial charge in [-0.3, -0.25) is 4.79 Å². The minimum Gasteiger partial charge on any atom is -0.493 e. The summed E-state index contributed by atoms with van der Waals surface area (Å²) in [4.78, 5) is 24.8. The molecule has 1 aromatic carbocycles. The Labute approximate surface area is 187 Å². The van der Waals surface area contributed by atoms with E-state index in [1.165, 1.54) is 23.6 Å². The molecule has 0 fully saturated rings. The monoisotopic (exact) mass is 461 g/mol. The Morgan fingerprint density at radius 3 is 2.77 bits per heavy atom. The minimum atomic E-state index is -1.29. The SMILES string of the molecule is COCCCOc1cc2c(cc1C)-c1cc(=O)c(C(=O)O)cn1[C@H](c1ccc(Cl)s1)O2. The van der Waals surface area contributed by atoms with Crippen molar-refractivity contribution in [2.24, 2.45) is 0 Å². The lowest BCUT2D eigenvalue weighted by atomic mass is 10.0. The number of ether oxygens (including phenoxy) is 3. The molecule has 1 aliphatic rings. The molecule has 0 saturated carbocycles. The van der Waals surface area contributed by atoms with Gasteiger partial charge in [-0.1, -0.05) is 11.6 Å². The summed E-state index contributed by atoms with van der Waals surface area (Å²) in [5.74, 6) is -0.0647. The number of fused-ring (bicyclic) bond motifs is 3. The molecule has 0 aliphatic carbocycles. The summed E-state index contributed by atoms with van der Waals surface area (Å²) in [6, 6.07) is 8.59. The number of methoxy groups -OCH3 is 1. The number of pyridine rings is 1. The standard InChI is InChI=1S/C22H20ClNO6S/c1-12-8-13-15-9-16(25)14(22(26)27)11-24(15)21(19-4-5-20(23)31-19)30-18(13)10-17(12)29-7-3-6-28-2/h4-5,8-11,21H,3,6-7H2,1-2H3,(H,26,27)/t21-/m0/s1. The van der Waals surface area contributed by atoms with Crippen molar-refractivity contribution in [2.75, 3.05) is 20.3 Å². The highest BCUT2D eigenvalue weighted by atomic mass is 35.5. The number of aryl methyl sites for hydroxylation is 1. The number of halogens is 1. The molecule has 1 atom stereocenters. The van der Waals surface area contributed by atoms with Crippen LogP contribution in [0.4, 0.5) is 0 Å². The van der Waals surface area contributed by atoms with E-state index in [2.05, 4.69) is 0 Å². The van der Waals surface area contributed by atoms with E-state index in [0.29, 0.717) is 40.3 Å². The van der Waals surface area contributed by atoms with E-state index in [1.54, 1.807) is 23.8 Å². The van der Waals surface area contributed by atoms with Crippen LogP contribution in [0.2, 0.25) is 4.34 Å². The summed E-state index contributed by atoms with van der Waals surface area (Å²) in [5.41, 5.74) is 1.25. The molecule has 3 aromatic rings. The number of aromatic carboxylic acids is 1. The second kappa shape index (κ2) is 8.74. The number of aromatic nitrogens is 1. The van der Waals surface area contributed by atoms with Gasteiger partial charge in [-0.2, -0.15) is 0 Å². The lowest BCUT2D eigenvalue weighted by molar-refractivity contribution is 0.0693. The van der Waals surface area contributed by atoms with Gasteiger partial charge in [-0.15, -0.1) is 11.3 Å². The number of hydrogen-bond acceptors (Lipinski definition) is 6. The summed E-state index contributed by atoms with van der Waals surface area (Å²) in [7, 11) is 1.64. The Morgan fingerprint density at radius 1 is 1.29 bits per heavy atom. The number of carboxylic acids is 1. The molecular weight excluding hydrogens is 442 g/mol. The zero-order chi connectivity index (χ0) is 22.1. The highest BCUT2D eigenvalue weighted by Crippen LogP contribution is 2.44. The van der Waals surface area contributed by atoms with Crippen LogP contribution in [-0.2, 0) is 4.74 Å². The van der Waals surface area contributed by atoms with E-state index in [0.717, 1.165) is 16.9 Å². The average Bonchev–Trinajstić information content (AvgIpc) is 3.16. The molecule has 0 saturated heterocycles. The van der Waals surface area contributed by atoms with E-state index < -0.39 is 17.6 Å². The Hall–Kier alpha value is -2.81. The molecule has 0 unspecified atom stereocenters. The van der Waals surface area contributed by atoms with E-state index in [1.807, 2.05) is 19.1 Å². The Kier molecular flexibility index (Phi) is 6.04. The Morgan fingerprint density at radius 2 is 2.10 bits per heavy atom. The van der Waals surface area contributed by atoms with E-state index in [4.69, 9.17) is 25.8 Å². The number of hydrogen-bond donors (Lipinski definition) is 1. The first kappa shape index (κ1) is 21.4. The maximum absolute atomic E-state index is 12.5. The van der Waals surface area contributed by atoms with Crippen LogP contribution in [0.3, 0.4) is 0 Å². The Bertz CT molecular complexity index is 1200. The average molecular weight is 462 g/mol. The molecule has 3 heterocycles. The van der Waals surface area contributed by atoms with Crippen LogP contribution in [0.1, 0.15) is 33.4 Å². The minimum absolute atomic E-state index is 0.321. The van der Waals surface area contributed by atoms with Gasteiger partial charge < -0.3 is 23.9 Å². The molecule has 4 rings (SSSR count). The molecule has 2 aromatic heterocycles. The third kappa shape index (κ3) is 4.19. The maximum atomic E-state index is 12.5. The van der Waals surface area contributed by atoms with Crippen molar-refractivity contribution in [2.45, 2.75) is 19.6 Å². The fourth-order valence-electron chi connectivity index (χ4n) is 3.46. The lowest BCUT2D eigenvalue weighted by Crippen LogP contribution is -2.27. The Balaban J connectivity index is 1.83. The van der Waals surface area contributed by atoms with Crippen molar-refractivity contribution in [3.63, 3.8) is 0 Å². The van der Waals surface area contributed by atoms with Crippen molar-refractivity contribution < 1.29 is 24.1 Å². The van der Waals surface area contributed by atoms with Gasteiger partial charge in [-0.05, 0) is 30.7 Å². The third-order valence-electron chi connectivity index (χ3n) is 4.94. The quantitative estimate of drug-likeness (QED) is 0.518. The molecule has 31 heavy (non-hydrogen) atoms. The van der Waals surface area contributed by atoms with Crippen LogP contribution >= 0.6 is 22.9 Å². The summed E-state index contributed by atoms with van der Waals surface area (Å²) in [5, 5.41) is 9.43. The van der Waals surface area contributed by atoms with Gasteiger partial charge in [-0.25, -0.2) is 4.79 Å². The zero-order valence-electron chi connectivity index (χ0n) is 16.9. The number of thiophene rings is 1. The van der Waals surface area contributed by atoms with Gasteiger partial charge >= 0.3 is 5.97 Å². The number of carboxylic acid groups (broad SMARTS) is 1. The number of rotatable bonds is 7. The van der Waals surface area contributed by atoms with Gasteiger partial charge in [0.05, 0.1) is 21.5 Å². The van der Waals surface area contributed by atoms with Crippen molar-refractivity contribution >= 4 is 28.9 Å². The zero-order valence-corrected chi connectivity index (χ0v) is 18.5. The molecule has 162 valence electrons. The molecule has 0 amide bonds. The van der Waals surface area contributed by atoms with Gasteiger partial charge in [0.25, 0.3) is 0 Å². The number of benzene rings is 1. The highest BCUT2D eigenvalue weighted by Gasteiger charge is 2.30. The molecular formula is C22H20ClNO6S. The van der Waals surface area contributed by atoms with Gasteiger partial charge in [0.2, 0.25) is 6.23 Å². The molecule has 9 heteroatoms. The van der Waals surface area contributed by atoms with Crippen LogP contribution in [-0.4, -0.2) is 36.0 Å². The van der Waals surface area contributed by atoms with Gasteiger partial charge in [0.15, 0.2) is 5.43 Å². The fraction of sp³-hybridized carbons (Fsp3) is 0.273. The van der Waals surface area contributed by atoms with Gasteiger partial charge in [0, 0.05) is 44.0 Å². The van der Waals surface area contributed by atoms with Crippen LogP contribution in [0.25, 0.3) is 11.3 Å². The largest absolute Gasteiger partial charge is 0.493 e. The van der Waals surface area contributed by atoms with Crippen LogP contribution in [0, 0.1) is 6.92 Å². The smallest absolute Gasteiger partial charge is 0.341 e. The van der Waals surface area contributed by atoms with Crippen LogP contribution < -0.4 is 14.9 Å². The number of nitrogens with zero attached hydrogens (tertiary/aromatic N) is 1. The highest BCUT2D eigenvalue weighted by molar-refractivity contribution is 7.16. The maximum Gasteiger partial charge on any atom is 0.341 e. The summed E-state index contributed by atoms with van der Waals surface area (Å²) < 4.78 is 19.5. The van der Waals surface area contributed by atoms with Crippen LogP contribution in [0.5, 0.6) is 11.5 Å². The molecule has 0 radical (unpaired) electrons. The predicted molar refractivity (Wildman–Crippen MR) is 118 cm³/mol. The summed E-state index contributed by atoms with van der Waals surface area (Å²) in [6.07, 6.45) is 1.41. The van der Waals surface area contributed by atoms with Crippen LogP contribution in [0.15, 0.2) is 41.3 Å². The first-order valence-electron chi connectivity index (χ1n) is 9.57. The van der Waals surface area contributed by atoms with E-state index in [9.17, 15) is 14.7 Å². The first-order chi connectivity index (χ1) is 14.9. The molecule has 1 N–H and O–H groups in total. The van der Waals surface area contributed by atoms with E-state index in [-0.39, 0.29) is 5.56 Å². The summed E-state index contributed by atoms with van der Waals surface area (Å²) >= 11 is 7.45. The topological polar surface area (TPSA) is 87.0 Å². The lowest BCUT2D eigenvalue weighted by Gasteiger charge is -2.31. The first-order valence-corrected chi connectivity index (χ1v) is 10.8. The van der Waals surface area contributed by atoms with Gasteiger partial charge in [0.1, 0.15) is 17.1 Å². The predicted octanol–water partition coefficient (Wildman–Crippen LogP) is 4.59. The fourth-order valence-corrected chi connectivity index (χ4v) is 4.55. The van der Waals surface area contributed by atoms with Crippen molar-refractivity contribution in [3.05, 3.63) is 67.1 Å². The van der Waals surface area contributed by atoms with Crippen molar-refractivity contribution in [1.29, 1.82) is 0 Å². The molecule has 7 nitrogen and oxygen atoms in total. The van der Waals surface area contributed by atoms with Crippen molar-refractivity contribution in [3.8, 4) is 22.8 Å². The molecule has 1 aliphatic heterocycles.